The summed E-state index contributed by atoms with van der Waals surface area (Å²) in [6.07, 6.45) is -0.650. The number of ether oxygens (including phenoxy) is 2. The van der Waals surface area contributed by atoms with E-state index in [9.17, 15) is 10.2 Å². The van der Waals surface area contributed by atoms with Gasteiger partial charge in [0, 0.05) is 25.2 Å². The molecule has 0 fully saturated rings. The van der Waals surface area contributed by atoms with Gasteiger partial charge in [-0.3, -0.25) is 0 Å². The second-order valence-electron chi connectivity index (χ2n) is 7.97. The van der Waals surface area contributed by atoms with Crippen molar-refractivity contribution in [2.24, 2.45) is 0 Å². The van der Waals surface area contributed by atoms with Crippen LogP contribution < -0.4 is 15.4 Å². The van der Waals surface area contributed by atoms with Crippen molar-refractivity contribution in [1.29, 1.82) is 0 Å². The summed E-state index contributed by atoms with van der Waals surface area (Å²) in [5.74, 6) is 0.952. The molecule has 0 saturated heterocycles. The van der Waals surface area contributed by atoms with Crippen molar-refractivity contribution in [3.8, 4) is 11.5 Å². The van der Waals surface area contributed by atoms with E-state index in [0.717, 1.165) is 16.9 Å². The number of rotatable bonds is 11. The molecule has 2 rings (SSSR count). The summed E-state index contributed by atoms with van der Waals surface area (Å²) in [5.41, 5.74) is 2.33. The number of aromatic hydroxyl groups is 1. The number of hydrogen-bond acceptors (Lipinski definition) is 6. The fourth-order valence-electron chi connectivity index (χ4n) is 2.69. The Labute approximate surface area is 173 Å². The SMILES string of the molecule is CCOCCOc1ccc(CNc2cc(C(O)CNC(C)(C)C)ccc2O)cc1. The molecule has 0 aromatic heterocycles. The van der Waals surface area contributed by atoms with Crippen molar-refractivity contribution >= 4 is 5.69 Å². The zero-order valence-corrected chi connectivity index (χ0v) is 17.9. The molecule has 0 spiro atoms. The third-order valence-corrected chi connectivity index (χ3v) is 4.34. The normalized spacial score (nSPS) is 12.6. The van der Waals surface area contributed by atoms with Gasteiger partial charge in [-0.05, 0) is 63.1 Å². The standard InChI is InChI=1S/C23H34N2O4/c1-5-28-12-13-29-19-9-6-17(7-10-19)15-24-20-14-18(8-11-21(20)26)22(27)16-25-23(2,3)4/h6-11,14,22,24-27H,5,12-13,15-16H2,1-4H3. The van der Waals surface area contributed by atoms with Gasteiger partial charge in [-0.1, -0.05) is 18.2 Å². The van der Waals surface area contributed by atoms with Crippen LogP contribution in [0.3, 0.4) is 0 Å². The van der Waals surface area contributed by atoms with E-state index in [1.54, 1.807) is 18.2 Å². The third kappa shape index (κ3) is 8.31. The molecule has 0 bridgehead atoms. The van der Waals surface area contributed by atoms with E-state index in [-0.39, 0.29) is 11.3 Å². The molecule has 6 heteroatoms. The van der Waals surface area contributed by atoms with Crippen molar-refractivity contribution in [3.05, 3.63) is 53.6 Å². The lowest BCUT2D eigenvalue weighted by Gasteiger charge is -2.23. The van der Waals surface area contributed by atoms with Crippen LogP contribution in [0, 0.1) is 0 Å². The average Bonchev–Trinajstić information content (AvgIpc) is 2.69. The summed E-state index contributed by atoms with van der Waals surface area (Å²) >= 11 is 0. The number of phenols is 1. The van der Waals surface area contributed by atoms with Gasteiger partial charge in [0.1, 0.15) is 18.1 Å². The predicted molar refractivity (Wildman–Crippen MR) is 117 cm³/mol. The fourth-order valence-corrected chi connectivity index (χ4v) is 2.69. The summed E-state index contributed by atoms with van der Waals surface area (Å²) < 4.78 is 10.9. The molecule has 0 aliphatic carbocycles. The van der Waals surface area contributed by atoms with Crippen molar-refractivity contribution in [2.45, 2.75) is 45.9 Å². The van der Waals surface area contributed by atoms with Gasteiger partial charge in [-0.2, -0.15) is 0 Å². The van der Waals surface area contributed by atoms with Crippen LogP contribution in [-0.4, -0.2) is 42.1 Å². The molecule has 0 aliphatic rings. The summed E-state index contributed by atoms with van der Waals surface area (Å²) in [7, 11) is 0. The van der Waals surface area contributed by atoms with Gasteiger partial charge in [0.15, 0.2) is 0 Å². The van der Waals surface area contributed by atoms with Crippen LogP contribution in [0.5, 0.6) is 11.5 Å². The number of β-amino-alcohol motifs (C(OH)–C–C–N with tert-alkyl or cyclic N) is 1. The van der Waals surface area contributed by atoms with Gasteiger partial charge in [-0.15, -0.1) is 0 Å². The van der Waals surface area contributed by atoms with E-state index in [2.05, 4.69) is 31.4 Å². The highest BCUT2D eigenvalue weighted by molar-refractivity contribution is 5.58. The Morgan fingerprint density at radius 2 is 1.76 bits per heavy atom. The Bertz CT molecular complexity index is 742. The fraction of sp³-hybridized carbons (Fsp3) is 0.478. The first-order valence-electron chi connectivity index (χ1n) is 10.1. The number of aliphatic hydroxyl groups excluding tert-OH is 1. The first kappa shape index (κ1) is 23.0. The highest BCUT2D eigenvalue weighted by Gasteiger charge is 2.15. The molecule has 0 aliphatic heterocycles. The molecule has 4 N–H and O–H groups in total. The van der Waals surface area contributed by atoms with Gasteiger partial charge < -0.3 is 30.3 Å². The quantitative estimate of drug-likeness (QED) is 0.338. The second kappa shape index (κ2) is 11.0. The first-order chi connectivity index (χ1) is 13.8. The number of benzene rings is 2. The number of nitrogens with one attached hydrogen (secondary N) is 2. The van der Waals surface area contributed by atoms with E-state index in [4.69, 9.17) is 9.47 Å². The van der Waals surface area contributed by atoms with E-state index in [1.165, 1.54) is 0 Å². The maximum atomic E-state index is 10.4. The lowest BCUT2D eigenvalue weighted by atomic mass is 10.1. The molecule has 6 nitrogen and oxygen atoms in total. The van der Waals surface area contributed by atoms with Crippen LogP contribution in [-0.2, 0) is 11.3 Å². The van der Waals surface area contributed by atoms with E-state index < -0.39 is 6.10 Å². The van der Waals surface area contributed by atoms with Crippen LogP contribution >= 0.6 is 0 Å². The van der Waals surface area contributed by atoms with Crippen LogP contribution in [0.15, 0.2) is 42.5 Å². The molecule has 2 aromatic rings. The minimum Gasteiger partial charge on any atom is -0.506 e. The molecule has 2 aromatic carbocycles. The predicted octanol–water partition coefficient (Wildman–Crippen LogP) is 3.84. The van der Waals surface area contributed by atoms with Gasteiger partial charge in [0.25, 0.3) is 0 Å². The Morgan fingerprint density at radius 1 is 1.03 bits per heavy atom. The molecular formula is C23H34N2O4. The average molecular weight is 403 g/mol. The molecule has 1 unspecified atom stereocenters. The summed E-state index contributed by atoms with van der Waals surface area (Å²) in [6, 6.07) is 12.9. The number of hydrogen-bond donors (Lipinski definition) is 4. The third-order valence-electron chi connectivity index (χ3n) is 4.34. The highest BCUT2D eigenvalue weighted by atomic mass is 16.5. The zero-order chi connectivity index (χ0) is 21.3. The lowest BCUT2D eigenvalue weighted by molar-refractivity contribution is 0.110. The van der Waals surface area contributed by atoms with Crippen LogP contribution in [0.4, 0.5) is 5.69 Å². The maximum absolute atomic E-state index is 10.4. The van der Waals surface area contributed by atoms with Crippen molar-refractivity contribution in [2.75, 3.05) is 31.7 Å². The van der Waals surface area contributed by atoms with Gasteiger partial charge in [-0.25, -0.2) is 0 Å². The van der Waals surface area contributed by atoms with E-state index >= 15 is 0 Å². The summed E-state index contributed by atoms with van der Waals surface area (Å²) in [6.45, 7) is 10.9. The van der Waals surface area contributed by atoms with E-state index in [0.29, 0.717) is 38.6 Å². The van der Waals surface area contributed by atoms with E-state index in [1.807, 2.05) is 31.2 Å². The Kier molecular flexibility index (Phi) is 8.76. The zero-order valence-electron chi connectivity index (χ0n) is 17.9. The second-order valence-corrected chi connectivity index (χ2v) is 7.97. The van der Waals surface area contributed by atoms with Crippen LogP contribution in [0.1, 0.15) is 44.9 Å². The summed E-state index contributed by atoms with van der Waals surface area (Å²) in [5, 5.41) is 27.1. The molecule has 1 atom stereocenters. The number of aliphatic hydroxyl groups is 1. The number of anilines is 1. The highest BCUT2D eigenvalue weighted by Crippen LogP contribution is 2.28. The monoisotopic (exact) mass is 402 g/mol. The molecule has 0 saturated carbocycles. The van der Waals surface area contributed by atoms with Gasteiger partial charge in [0.2, 0.25) is 0 Å². The molecular weight excluding hydrogens is 368 g/mol. The minimum absolute atomic E-state index is 0.0715. The Morgan fingerprint density at radius 3 is 2.41 bits per heavy atom. The van der Waals surface area contributed by atoms with Crippen LogP contribution in [0.2, 0.25) is 0 Å². The minimum atomic E-state index is -0.650. The van der Waals surface area contributed by atoms with Gasteiger partial charge in [0.05, 0.1) is 18.4 Å². The van der Waals surface area contributed by atoms with Crippen LogP contribution in [0.25, 0.3) is 0 Å². The van der Waals surface area contributed by atoms with Crippen molar-refractivity contribution in [3.63, 3.8) is 0 Å². The van der Waals surface area contributed by atoms with Crippen molar-refractivity contribution in [1.82, 2.24) is 5.32 Å². The molecule has 160 valence electrons. The van der Waals surface area contributed by atoms with Gasteiger partial charge >= 0.3 is 0 Å². The topological polar surface area (TPSA) is 83.0 Å². The molecule has 29 heavy (non-hydrogen) atoms. The lowest BCUT2D eigenvalue weighted by Crippen LogP contribution is -2.38. The number of phenolic OH excluding ortho intramolecular Hbond substituents is 1. The maximum Gasteiger partial charge on any atom is 0.138 e. The smallest absolute Gasteiger partial charge is 0.138 e. The van der Waals surface area contributed by atoms with Crippen molar-refractivity contribution < 1.29 is 19.7 Å². The first-order valence-corrected chi connectivity index (χ1v) is 10.1. The molecule has 0 radical (unpaired) electrons. The Hall–Kier alpha value is -2.28. The molecule has 0 amide bonds. The summed E-state index contributed by atoms with van der Waals surface area (Å²) in [4.78, 5) is 0. The Balaban J connectivity index is 1.91. The largest absolute Gasteiger partial charge is 0.506 e. The molecule has 0 heterocycles.